The Labute approximate surface area is 149 Å². The molecular weight excluding hydrogens is 310 g/mol. The number of carbonyl (C=O) groups is 1. The van der Waals surface area contributed by atoms with Crippen molar-refractivity contribution in [3.05, 3.63) is 71.5 Å². The van der Waals surface area contributed by atoms with Crippen molar-refractivity contribution in [2.75, 3.05) is 7.05 Å². The maximum Gasteiger partial charge on any atom is 0.183 e. The summed E-state index contributed by atoms with van der Waals surface area (Å²) in [5, 5.41) is 4.64. The first-order valence-electron chi connectivity index (χ1n) is 8.74. The highest BCUT2D eigenvalue weighted by atomic mass is 16.1. The van der Waals surface area contributed by atoms with Crippen LogP contribution in [0.2, 0.25) is 0 Å². The van der Waals surface area contributed by atoms with Gasteiger partial charge in [-0.25, -0.2) is 4.52 Å². The topological polar surface area (TPSA) is 37.6 Å². The monoisotopic (exact) mass is 335 g/mol. The number of nitrogens with zero attached hydrogens (tertiary/aromatic N) is 3. The van der Waals surface area contributed by atoms with Gasteiger partial charge in [0, 0.05) is 12.7 Å². The smallest absolute Gasteiger partial charge is 0.183 e. The van der Waals surface area contributed by atoms with Gasteiger partial charge in [-0.1, -0.05) is 50.2 Å². The van der Waals surface area contributed by atoms with Gasteiger partial charge in [0.1, 0.15) is 0 Å². The third-order valence-corrected chi connectivity index (χ3v) is 4.68. The molecular formula is C21H25N3O. The molecule has 0 bridgehead atoms. The van der Waals surface area contributed by atoms with Crippen molar-refractivity contribution in [3.63, 3.8) is 0 Å². The minimum absolute atomic E-state index is 0.128. The van der Waals surface area contributed by atoms with E-state index >= 15 is 0 Å². The Hall–Kier alpha value is -2.46. The number of hydrogen-bond donors (Lipinski definition) is 0. The van der Waals surface area contributed by atoms with Crippen LogP contribution in [0.3, 0.4) is 0 Å². The Kier molecular flexibility index (Phi) is 5.00. The first kappa shape index (κ1) is 17.4. The molecule has 25 heavy (non-hydrogen) atoms. The molecule has 4 nitrogen and oxygen atoms in total. The third kappa shape index (κ3) is 3.49. The molecule has 3 rings (SSSR count). The van der Waals surface area contributed by atoms with Crippen LogP contribution in [0.25, 0.3) is 5.52 Å². The number of rotatable bonds is 6. The highest BCUT2D eigenvalue weighted by Gasteiger charge is 2.27. The second-order valence-electron chi connectivity index (χ2n) is 6.89. The molecule has 0 aliphatic rings. The first-order chi connectivity index (χ1) is 12.0. The Morgan fingerprint density at radius 3 is 2.44 bits per heavy atom. The standard InChI is InChI=1S/C21H25N3O/c1-15(2)20-19(18-12-8-9-13-24(18)22-20)21(25)16(3)23(4)14-17-10-6-5-7-11-17/h5-13,15-16H,14H2,1-4H3. The average Bonchev–Trinajstić information content (AvgIpc) is 3.01. The van der Waals surface area contributed by atoms with Crippen LogP contribution in [0.1, 0.15) is 48.3 Å². The van der Waals surface area contributed by atoms with E-state index in [2.05, 4.69) is 36.0 Å². The lowest BCUT2D eigenvalue weighted by Gasteiger charge is -2.24. The predicted molar refractivity (Wildman–Crippen MR) is 101 cm³/mol. The third-order valence-electron chi connectivity index (χ3n) is 4.68. The van der Waals surface area contributed by atoms with Crippen LogP contribution in [0.15, 0.2) is 54.7 Å². The highest BCUT2D eigenvalue weighted by Crippen LogP contribution is 2.25. The molecule has 1 aromatic carbocycles. The normalized spacial score (nSPS) is 12.9. The van der Waals surface area contributed by atoms with Gasteiger partial charge in [-0.3, -0.25) is 9.69 Å². The van der Waals surface area contributed by atoms with Crippen LogP contribution >= 0.6 is 0 Å². The number of benzene rings is 1. The summed E-state index contributed by atoms with van der Waals surface area (Å²) < 4.78 is 1.81. The number of pyridine rings is 1. The summed E-state index contributed by atoms with van der Waals surface area (Å²) in [4.78, 5) is 15.4. The molecule has 0 saturated carbocycles. The molecule has 0 fully saturated rings. The number of carbonyl (C=O) groups excluding carboxylic acids is 1. The summed E-state index contributed by atoms with van der Waals surface area (Å²) in [5.74, 6) is 0.328. The van der Waals surface area contributed by atoms with Gasteiger partial charge in [-0.2, -0.15) is 5.10 Å². The van der Waals surface area contributed by atoms with Gasteiger partial charge in [0.05, 0.1) is 22.8 Å². The Morgan fingerprint density at radius 2 is 1.76 bits per heavy atom. The molecule has 0 radical (unpaired) electrons. The quantitative estimate of drug-likeness (QED) is 0.635. The summed E-state index contributed by atoms with van der Waals surface area (Å²) in [7, 11) is 2.00. The molecule has 130 valence electrons. The van der Waals surface area contributed by atoms with Gasteiger partial charge in [0.25, 0.3) is 0 Å². The molecule has 0 aliphatic carbocycles. The lowest BCUT2D eigenvalue weighted by Crippen LogP contribution is -2.36. The molecule has 0 N–H and O–H groups in total. The maximum atomic E-state index is 13.3. The van der Waals surface area contributed by atoms with Crippen LogP contribution < -0.4 is 0 Å². The Morgan fingerprint density at radius 1 is 1.08 bits per heavy atom. The molecule has 1 unspecified atom stereocenters. The number of likely N-dealkylation sites (N-methyl/N-ethyl adjacent to an activating group) is 1. The van der Waals surface area contributed by atoms with Crippen LogP contribution in [-0.2, 0) is 6.54 Å². The van der Waals surface area contributed by atoms with E-state index in [-0.39, 0.29) is 17.7 Å². The molecule has 1 atom stereocenters. The number of aromatic nitrogens is 2. The van der Waals surface area contributed by atoms with Crippen LogP contribution in [0.4, 0.5) is 0 Å². The maximum absolute atomic E-state index is 13.3. The fraction of sp³-hybridized carbons (Fsp3) is 0.333. The fourth-order valence-corrected chi connectivity index (χ4v) is 3.09. The molecule has 2 aromatic heterocycles. The van der Waals surface area contributed by atoms with E-state index in [1.54, 1.807) is 0 Å². The summed E-state index contributed by atoms with van der Waals surface area (Å²) in [6.45, 7) is 6.87. The molecule has 3 aromatic rings. The Bertz CT molecular complexity index is 867. The largest absolute Gasteiger partial charge is 0.292 e. The van der Waals surface area contributed by atoms with Gasteiger partial charge in [0.15, 0.2) is 5.78 Å². The second kappa shape index (κ2) is 7.19. The zero-order chi connectivity index (χ0) is 18.0. The van der Waals surface area contributed by atoms with E-state index in [0.29, 0.717) is 0 Å². The van der Waals surface area contributed by atoms with E-state index in [9.17, 15) is 4.79 Å². The number of Topliss-reactive ketones (excluding diaryl/α,β-unsaturated/α-hetero) is 1. The lowest BCUT2D eigenvalue weighted by atomic mass is 9.97. The van der Waals surface area contributed by atoms with E-state index in [4.69, 9.17) is 0 Å². The molecule has 0 spiro atoms. The minimum atomic E-state index is -0.217. The van der Waals surface area contributed by atoms with E-state index < -0.39 is 0 Å². The first-order valence-corrected chi connectivity index (χ1v) is 8.74. The highest BCUT2D eigenvalue weighted by molar-refractivity contribution is 6.06. The summed E-state index contributed by atoms with van der Waals surface area (Å²) in [6, 6.07) is 15.9. The van der Waals surface area contributed by atoms with E-state index in [1.807, 2.05) is 61.1 Å². The van der Waals surface area contributed by atoms with Gasteiger partial charge in [-0.05, 0) is 37.6 Å². The number of fused-ring (bicyclic) bond motifs is 1. The summed E-state index contributed by atoms with van der Waals surface area (Å²) in [5.41, 5.74) is 3.71. The molecule has 4 heteroatoms. The van der Waals surface area contributed by atoms with Crippen molar-refractivity contribution in [1.82, 2.24) is 14.5 Å². The fourth-order valence-electron chi connectivity index (χ4n) is 3.09. The van der Waals surface area contributed by atoms with Gasteiger partial charge >= 0.3 is 0 Å². The van der Waals surface area contributed by atoms with Gasteiger partial charge in [0.2, 0.25) is 0 Å². The molecule has 0 saturated heterocycles. The minimum Gasteiger partial charge on any atom is -0.292 e. The second-order valence-corrected chi connectivity index (χ2v) is 6.89. The van der Waals surface area contributed by atoms with Crippen molar-refractivity contribution in [1.29, 1.82) is 0 Å². The van der Waals surface area contributed by atoms with Crippen molar-refractivity contribution in [2.24, 2.45) is 0 Å². The zero-order valence-electron chi connectivity index (χ0n) is 15.3. The molecule has 2 heterocycles. The lowest BCUT2D eigenvalue weighted by molar-refractivity contribution is 0.0862. The predicted octanol–water partition coefficient (Wildman–Crippen LogP) is 4.16. The van der Waals surface area contributed by atoms with Gasteiger partial charge < -0.3 is 0 Å². The zero-order valence-corrected chi connectivity index (χ0v) is 15.3. The molecule has 0 amide bonds. The SMILES string of the molecule is CC(C)c1nn2ccccc2c1C(=O)C(C)N(C)Cc1ccccc1. The molecule has 0 aliphatic heterocycles. The van der Waals surface area contributed by atoms with Crippen LogP contribution in [-0.4, -0.2) is 33.4 Å². The van der Waals surface area contributed by atoms with E-state index in [1.165, 1.54) is 5.56 Å². The van der Waals surface area contributed by atoms with Crippen molar-refractivity contribution in [2.45, 2.75) is 39.3 Å². The van der Waals surface area contributed by atoms with Crippen molar-refractivity contribution >= 4 is 11.3 Å². The number of hydrogen-bond acceptors (Lipinski definition) is 3. The summed E-state index contributed by atoms with van der Waals surface area (Å²) in [6.07, 6.45) is 1.90. The van der Waals surface area contributed by atoms with E-state index in [0.717, 1.165) is 23.3 Å². The summed E-state index contributed by atoms with van der Waals surface area (Å²) >= 11 is 0. The number of ketones is 1. The van der Waals surface area contributed by atoms with Gasteiger partial charge in [-0.15, -0.1) is 0 Å². The van der Waals surface area contributed by atoms with Crippen molar-refractivity contribution < 1.29 is 4.79 Å². The average molecular weight is 335 g/mol. The van der Waals surface area contributed by atoms with Crippen LogP contribution in [0, 0.1) is 0 Å². The van der Waals surface area contributed by atoms with Crippen molar-refractivity contribution in [3.8, 4) is 0 Å². The van der Waals surface area contributed by atoms with Crippen LogP contribution in [0.5, 0.6) is 0 Å². The Balaban J connectivity index is 1.92.